The second-order valence-corrected chi connectivity index (χ2v) is 5.78. The lowest BCUT2D eigenvalue weighted by molar-refractivity contribution is 0.242. The molecule has 2 rings (SSSR count). The predicted octanol–water partition coefficient (Wildman–Crippen LogP) is 3.91. The fourth-order valence-electron chi connectivity index (χ4n) is 2.16. The third-order valence-electron chi connectivity index (χ3n) is 3.71. The average molecular weight is 287 g/mol. The van der Waals surface area contributed by atoms with E-state index in [0.29, 0.717) is 5.92 Å². The first-order valence-electron chi connectivity index (χ1n) is 7.58. The minimum atomic E-state index is -0.0488. The van der Waals surface area contributed by atoms with E-state index in [1.54, 1.807) is 0 Å². The maximum absolute atomic E-state index is 6.21. The van der Waals surface area contributed by atoms with Gasteiger partial charge in [0.25, 0.3) is 0 Å². The van der Waals surface area contributed by atoms with Gasteiger partial charge in [0.15, 0.2) is 0 Å². The fourth-order valence-corrected chi connectivity index (χ4v) is 2.16. The van der Waals surface area contributed by atoms with Crippen molar-refractivity contribution in [2.45, 2.75) is 46.3 Å². The maximum atomic E-state index is 6.21. The summed E-state index contributed by atoms with van der Waals surface area (Å²) in [7, 11) is 0. The Hall–Kier alpha value is -1.81. The molecule has 1 heterocycles. The molecule has 2 atom stereocenters. The molecule has 0 aliphatic carbocycles. The van der Waals surface area contributed by atoms with Gasteiger partial charge >= 0.3 is 0 Å². The topological polar surface area (TPSA) is 63.9 Å². The van der Waals surface area contributed by atoms with Gasteiger partial charge in [0.1, 0.15) is 11.6 Å². The van der Waals surface area contributed by atoms with Crippen LogP contribution < -0.4 is 10.5 Å². The zero-order chi connectivity index (χ0) is 15.4. The Morgan fingerprint density at radius 2 is 1.86 bits per heavy atom. The van der Waals surface area contributed by atoms with Gasteiger partial charge in [0, 0.05) is 0 Å². The van der Waals surface area contributed by atoms with Crippen molar-refractivity contribution in [3.05, 3.63) is 36.3 Å². The smallest absolute Gasteiger partial charge is 0.123 e. The van der Waals surface area contributed by atoms with E-state index < -0.39 is 0 Å². The van der Waals surface area contributed by atoms with Crippen LogP contribution in [0.2, 0.25) is 0 Å². The van der Waals surface area contributed by atoms with Crippen LogP contribution in [-0.2, 0) is 0 Å². The molecule has 0 bridgehead atoms. The number of rotatable bonds is 6. The maximum Gasteiger partial charge on any atom is 0.123 e. The van der Waals surface area contributed by atoms with Gasteiger partial charge in [-0.3, -0.25) is 0 Å². The highest BCUT2D eigenvalue weighted by molar-refractivity contribution is 5.59. The van der Waals surface area contributed by atoms with Crippen molar-refractivity contribution in [1.29, 1.82) is 0 Å². The highest BCUT2D eigenvalue weighted by Gasteiger charge is 2.16. The molecule has 0 aliphatic rings. The molecule has 21 heavy (non-hydrogen) atoms. The third kappa shape index (κ3) is 3.85. The average Bonchev–Trinajstić information content (AvgIpc) is 2.95. The van der Waals surface area contributed by atoms with Gasteiger partial charge in [-0.05, 0) is 49.6 Å². The third-order valence-corrected chi connectivity index (χ3v) is 3.71. The molecule has 3 N–H and O–H groups in total. The van der Waals surface area contributed by atoms with Crippen molar-refractivity contribution < 1.29 is 4.74 Å². The minimum Gasteiger partial charge on any atom is -0.491 e. The lowest BCUT2D eigenvalue weighted by atomic mass is 10.00. The number of H-pyrrole nitrogens is 1. The number of nitrogens with one attached hydrogen (secondary N) is 1. The van der Waals surface area contributed by atoms with E-state index in [-0.39, 0.29) is 12.1 Å². The summed E-state index contributed by atoms with van der Waals surface area (Å²) in [6.07, 6.45) is 3.07. The van der Waals surface area contributed by atoms with Crippen molar-refractivity contribution in [3.63, 3.8) is 0 Å². The number of aromatic amines is 1. The first kappa shape index (κ1) is 15.6. The van der Waals surface area contributed by atoms with Crippen LogP contribution in [-0.4, -0.2) is 16.1 Å². The molecule has 4 heteroatoms. The molecule has 2 unspecified atom stereocenters. The molecule has 0 saturated carbocycles. The van der Waals surface area contributed by atoms with Gasteiger partial charge in [-0.15, -0.1) is 0 Å². The van der Waals surface area contributed by atoms with Crippen LogP contribution in [0.4, 0.5) is 0 Å². The minimum absolute atomic E-state index is 0.0488. The largest absolute Gasteiger partial charge is 0.491 e. The highest BCUT2D eigenvalue weighted by Crippen LogP contribution is 2.25. The molecule has 0 saturated heterocycles. The highest BCUT2D eigenvalue weighted by atomic mass is 16.5. The molecule has 4 nitrogen and oxygen atoms in total. The Labute approximate surface area is 126 Å². The Kier molecular flexibility index (Phi) is 5.02. The van der Waals surface area contributed by atoms with Crippen molar-refractivity contribution >= 4 is 0 Å². The molecule has 1 aromatic carbocycles. The zero-order valence-electron chi connectivity index (χ0n) is 13.3. The molecular weight excluding hydrogens is 262 g/mol. The number of hydrogen-bond acceptors (Lipinski definition) is 3. The van der Waals surface area contributed by atoms with Crippen LogP contribution in [0.1, 0.15) is 46.0 Å². The second kappa shape index (κ2) is 6.76. The summed E-state index contributed by atoms with van der Waals surface area (Å²) >= 11 is 0. The monoisotopic (exact) mass is 287 g/mol. The first-order valence-corrected chi connectivity index (χ1v) is 7.58. The quantitative estimate of drug-likeness (QED) is 0.846. The molecule has 0 spiro atoms. The molecule has 0 radical (unpaired) electrons. The zero-order valence-corrected chi connectivity index (χ0v) is 13.3. The molecule has 114 valence electrons. The number of nitrogens with two attached hydrogens (primary N) is 1. The van der Waals surface area contributed by atoms with Crippen molar-refractivity contribution in [2.24, 2.45) is 11.7 Å². The standard InChI is InChI=1S/C17H25N3O/c1-5-12(4)16(18)17-19-10-15(20-17)13-6-8-14(9-7-13)21-11(2)3/h6-12,16H,5,18H2,1-4H3,(H,19,20). The van der Waals surface area contributed by atoms with Crippen LogP contribution in [0.25, 0.3) is 11.3 Å². The molecule has 1 aromatic heterocycles. The lowest BCUT2D eigenvalue weighted by Crippen LogP contribution is -2.19. The van der Waals surface area contributed by atoms with Crippen LogP contribution in [0, 0.1) is 5.92 Å². The summed E-state index contributed by atoms with van der Waals surface area (Å²) < 4.78 is 5.65. The van der Waals surface area contributed by atoms with Crippen molar-refractivity contribution in [3.8, 4) is 17.0 Å². The van der Waals surface area contributed by atoms with Gasteiger partial charge in [-0.2, -0.15) is 0 Å². The number of nitrogens with zero attached hydrogens (tertiary/aromatic N) is 1. The second-order valence-electron chi connectivity index (χ2n) is 5.78. The number of hydrogen-bond donors (Lipinski definition) is 2. The van der Waals surface area contributed by atoms with Crippen LogP contribution in [0.15, 0.2) is 30.5 Å². The van der Waals surface area contributed by atoms with Gasteiger partial charge in [0.05, 0.1) is 24.0 Å². The van der Waals surface area contributed by atoms with Crippen LogP contribution >= 0.6 is 0 Å². The van der Waals surface area contributed by atoms with E-state index in [4.69, 9.17) is 10.5 Å². The molecular formula is C17H25N3O. The summed E-state index contributed by atoms with van der Waals surface area (Å²) in [6, 6.07) is 7.97. The summed E-state index contributed by atoms with van der Waals surface area (Å²) in [4.78, 5) is 7.75. The molecule has 2 aromatic rings. The Morgan fingerprint density at radius 3 is 2.43 bits per heavy atom. The van der Waals surface area contributed by atoms with Crippen LogP contribution in [0.5, 0.6) is 5.75 Å². The number of imidazole rings is 1. The van der Waals surface area contributed by atoms with E-state index in [9.17, 15) is 0 Å². The van der Waals surface area contributed by atoms with E-state index in [0.717, 1.165) is 29.3 Å². The van der Waals surface area contributed by atoms with E-state index in [1.165, 1.54) is 0 Å². The SMILES string of the molecule is CCC(C)C(N)c1ncc(-c2ccc(OC(C)C)cc2)[nH]1. The molecule has 0 fully saturated rings. The number of benzene rings is 1. The fraction of sp³-hybridized carbons (Fsp3) is 0.471. The Balaban J connectivity index is 2.14. The summed E-state index contributed by atoms with van der Waals surface area (Å²) in [5.41, 5.74) is 8.28. The van der Waals surface area contributed by atoms with E-state index in [1.807, 2.05) is 44.3 Å². The summed E-state index contributed by atoms with van der Waals surface area (Å²) in [6.45, 7) is 8.32. The van der Waals surface area contributed by atoms with Gasteiger partial charge in [-0.1, -0.05) is 20.3 Å². The lowest BCUT2D eigenvalue weighted by Gasteiger charge is -2.15. The Morgan fingerprint density at radius 1 is 1.19 bits per heavy atom. The molecule has 0 aliphatic heterocycles. The number of ether oxygens (including phenoxy) is 1. The summed E-state index contributed by atoms with van der Waals surface area (Å²) in [5, 5.41) is 0. The van der Waals surface area contributed by atoms with E-state index >= 15 is 0 Å². The number of aromatic nitrogens is 2. The Bertz CT molecular complexity index is 560. The molecule has 0 amide bonds. The van der Waals surface area contributed by atoms with Gasteiger partial charge in [0.2, 0.25) is 0 Å². The van der Waals surface area contributed by atoms with Gasteiger partial charge < -0.3 is 15.5 Å². The van der Waals surface area contributed by atoms with Crippen LogP contribution in [0.3, 0.4) is 0 Å². The summed E-state index contributed by atoms with van der Waals surface area (Å²) in [5.74, 6) is 2.14. The predicted molar refractivity (Wildman–Crippen MR) is 86.2 cm³/mol. The normalized spacial score (nSPS) is 14.2. The van der Waals surface area contributed by atoms with E-state index in [2.05, 4.69) is 23.8 Å². The van der Waals surface area contributed by atoms with Crippen molar-refractivity contribution in [2.75, 3.05) is 0 Å². The van der Waals surface area contributed by atoms with Crippen molar-refractivity contribution in [1.82, 2.24) is 9.97 Å². The first-order chi connectivity index (χ1) is 10.0. The van der Waals surface area contributed by atoms with Gasteiger partial charge in [-0.25, -0.2) is 4.98 Å².